The van der Waals surface area contributed by atoms with Crippen molar-refractivity contribution in [3.8, 4) is 0 Å². The van der Waals surface area contributed by atoms with Crippen molar-refractivity contribution < 1.29 is 18.4 Å². The predicted octanol–water partition coefficient (Wildman–Crippen LogP) is 3.81. The van der Waals surface area contributed by atoms with Gasteiger partial charge in [0.25, 0.3) is 0 Å². The predicted molar refractivity (Wildman–Crippen MR) is 83.9 cm³/mol. The van der Waals surface area contributed by atoms with E-state index < -0.39 is 8.56 Å². The topological polar surface area (TPSA) is 44.8 Å². The Morgan fingerprint density at radius 1 is 1.05 bits per heavy atom. The molecular formula is C15H30O4Si. The van der Waals surface area contributed by atoms with E-state index in [4.69, 9.17) is 13.6 Å². The third kappa shape index (κ3) is 7.82. The maximum atomic E-state index is 11.1. The molecule has 20 heavy (non-hydrogen) atoms. The smallest absolute Gasteiger partial charge is 0.337 e. The van der Waals surface area contributed by atoms with E-state index in [1.165, 1.54) is 6.42 Å². The summed E-state index contributed by atoms with van der Waals surface area (Å²) in [6, 6.07) is 2.05. The molecule has 0 unspecified atom stereocenters. The first-order valence-electron chi connectivity index (χ1n) is 7.44. The molecule has 0 rings (SSSR count). The lowest BCUT2D eigenvalue weighted by atomic mass is 10.2. The number of rotatable bonds is 12. The van der Waals surface area contributed by atoms with Gasteiger partial charge in [-0.3, -0.25) is 0 Å². The van der Waals surface area contributed by atoms with Crippen LogP contribution in [0.5, 0.6) is 0 Å². The monoisotopic (exact) mass is 302 g/mol. The average Bonchev–Trinajstić information content (AvgIpc) is 2.46. The molecule has 118 valence electrons. The minimum Gasteiger partial charge on any atom is -0.462 e. The van der Waals surface area contributed by atoms with Crippen LogP contribution in [0.4, 0.5) is 0 Å². The van der Waals surface area contributed by atoms with Crippen LogP contribution in [0, 0.1) is 0 Å². The first-order chi connectivity index (χ1) is 9.51. The molecule has 0 atom stereocenters. The molecule has 4 nitrogen and oxygen atoms in total. The maximum absolute atomic E-state index is 11.1. The molecule has 0 fully saturated rings. The van der Waals surface area contributed by atoms with Crippen molar-refractivity contribution in [2.24, 2.45) is 0 Å². The summed E-state index contributed by atoms with van der Waals surface area (Å²) in [6.45, 7) is 7.84. The summed E-state index contributed by atoms with van der Waals surface area (Å²) < 4.78 is 16.2. The van der Waals surface area contributed by atoms with Gasteiger partial charge >= 0.3 is 14.5 Å². The minimum absolute atomic E-state index is 0.288. The van der Waals surface area contributed by atoms with Crippen molar-refractivity contribution in [2.45, 2.75) is 58.0 Å². The number of ether oxygens (including phenoxy) is 1. The Kier molecular flexibility index (Phi) is 10.7. The van der Waals surface area contributed by atoms with Crippen LogP contribution < -0.4 is 0 Å². The normalized spacial score (nSPS) is 11.4. The maximum Gasteiger partial charge on any atom is 0.337 e. The second-order valence-electron chi connectivity index (χ2n) is 5.11. The van der Waals surface area contributed by atoms with E-state index in [0.717, 1.165) is 37.8 Å². The fourth-order valence-corrected chi connectivity index (χ4v) is 4.36. The van der Waals surface area contributed by atoms with Crippen LogP contribution in [-0.2, 0) is 18.4 Å². The van der Waals surface area contributed by atoms with Gasteiger partial charge in [-0.25, -0.2) is 4.79 Å². The fraction of sp³-hybridized carbons (Fsp3) is 0.800. The molecule has 0 aliphatic carbocycles. The number of esters is 1. The highest BCUT2D eigenvalue weighted by Crippen LogP contribution is 2.21. The lowest BCUT2D eigenvalue weighted by Gasteiger charge is -2.25. The van der Waals surface area contributed by atoms with Gasteiger partial charge in [-0.05, 0) is 25.4 Å². The van der Waals surface area contributed by atoms with E-state index in [2.05, 4.69) is 13.5 Å². The molecule has 0 saturated carbocycles. The molecular weight excluding hydrogens is 272 g/mol. The van der Waals surface area contributed by atoms with Gasteiger partial charge in [0.2, 0.25) is 0 Å². The summed E-state index contributed by atoms with van der Waals surface area (Å²) in [7, 11) is 1.62. The molecule has 5 heteroatoms. The summed E-state index contributed by atoms with van der Waals surface area (Å²) in [5.74, 6) is -0.288. The van der Waals surface area contributed by atoms with Crippen molar-refractivity contribution in [1.29, 1.82) is 0 Å². The molecule has 0 radical (unpaired) electrons. The summed E-state index contributed by atoms with van der Waals surface area (Å²) in [6.07, 6.45) is 5.49. The molecule has 0 amide bonds. The van der Waals surface area contributed by atoms with Crippen LogP contribution in [-0.4, -0.2) is 35.4 Å². The second-order valence-corrected chi connectivity index (χ2v) is 8.95. The van der Waals surface area contributed by atoms with Gasteiger partial charge in [0.05, 0.1) is 6.61 Å². The number of hydrogen-bond donors (Lipinski definition) is 0. The number of carbonyl (C=O) groups is 1. The van der Waals surface area contributed by atoms with Gasteiger partial charge in [0.1, 0.15) is 0 Å². The van der Waals surface area contributed by atoms with Crippen LogP contribution in [0.2, 0.25) is 12.1 Å². The highest BCUT2D eigenvalue weighted by molar-refractivity contribution is 6.67. The summed E-state index contributed by atoms with van der Waals surface area (Å²) in [4.78, 5) is 11.1. The third-order valence-corrected chi connectivity index (χ3v) is 7.25. The minimum atomic E-state index is -1.90. The van der Waals surface area contributed by atoms with Gasteiger partial charge in [0, 0.05) is 19.8 Å². The highest BCUT2D eigenvalue weighted by Gasteiger charge is 2.32. The molecule has 0 spiro atoms. The average molecular weight is 302 g/mol. The van der Waals surface area contributed by atoms with Crippen LogP contribution in [0.25, 0.3) is 0 Å². The van der Waals surface area contributed by atoms with Crippen molar-refractivity contribution in [3.63, 3.8) is 0 Å². The largest absolute Gasteiger partial charge is 0.462 e. The van der Waals surface area contributed by atoms with Crippen LogP contribution >= 0.6 is 0 Å². The van der Waals surface area contributed by atoms with E-state index in [1.54, 1.807) is 21.1 Å². The molecule has 0 bridgehead atoms. The zero-order valence-corrected chi connectivity index (χ0v) is 14.5. The Bertz CT molecular complexity index is 279. The first kappa shape index (κ1) is 19.3. The Hall–Kier alpha value is -0.653. The zero-order chi connectivity index (χ0) is 15.4. The zero-order valence-electron chi connectivity index (χ0n) is 13.5. The standard InChI is InChI=1S/C15H30O4Si/c1-6-20(17-4,18-5)13-11-9-7-8-10-12-19-15(16)14(2)3/h2,6-13H2,1,3-5H3. The van der Waals surface area contributed by atoms with E-state index in [-0.39, 0.29) is 5.97 Å². The molecule has 0 aromatic carbocycles. The van der Waals surface area contributed by atoms with Gasteiger partial charge < -0.3 is 13.6 Å². The lowest BCUT2D eigenvalue weighted by molar-refractivity contribution is -0.139. The van der Waals surface area contributed by atoms with Crippen LogP contribution in [0.15, 0.2) is 12.2 Å². The molecule has 0 aliphatic rings. The summed E-state index contributed by atoms with van der Waals surface area (Å²) >= 11 is 0. The van der Waals surface area contributed by atoms with Crippen molar-refractivity contribution in [1.82, 2.24) is 0 Å². The third-order valence-electron chi connectivity index (χ3n) is 3.57. The van der Waals surface area contributed by atoms with E-state index in [9.17, 15) is 4.79 Å². The molecule has 0 saturated heterocycles. The van der Waals surface area contributed by atoms with Crippen LogP contribution in [0.3, 0.4) is 0 Å². The molecule has 0 N–H and O–H groups in total. The highest BCUT2D eigenvalue weighted by atomic mass is 28.4. The Morgan fingerprint density at radius 3 is 2.10 bits per heavy atom. The second kappa shape index (κ2) is 11.1. The van der Waals surface area contributed by atoms with E-state index in [1.807, 2.05) is 0 Å². The van der Waals surface area contributed by atoms with Crippen LogP contribution in [0.1, 0.15) is 46.0 Å². The van der Waals surface area contributed by atoms with E-state index in [0.29, 0.717) is 12.2 Å². The molecule has 0 aromatic heterocycles. The van der Waals surface area contributed by atoms with E-state index >= 15 is 0 Å². The number of carbonyl (C=O) groups excluding carboxylic acids is 1. The summed E-state index contributed by atoms with van der Waals surface area (Å²) in [5.41, 5.74) is 0.463. The SMILES string of the molecule is C=C(C)C(=O)OCCCCCCC[Si](CC)(OC)OC. The Balaban J connectivity index is 3.54. The van der Waals surface area contributed by atoms with Gasteiger partial charge in [-0.15, -0.1) is 0 Å². The fourth-order valence-electron chi connectivity index (χ4n) is 2.07. The summed E-state index contributed by atoms with van der Waals surface area (Å²) in [5, 5.41) is 0. The molecule has 0 aromatic rings. The molecule has 0 heterocycles. The van der Waals surface area contributed by atoms with Gasteiger partial charge in [0.15, 0.2) is 0 Å². The molecule has 0 aliphatic heterocycles. The Morgan fingerprint density at radius 2 is 1.60 bits per heavy atom. The van der Waals surface area contributed by atoms with Gasteiger partial charge in [-0.1, -0.05) is 39.2 Å². The quantitative estimate of drug-likeness (QED) is 0.238. The number of hydrogen-bond acceptors (Lipinski definition) is 4. The van der Waals surface area contributed by atoms with Crippen molar-refractivity contribution in [2.75, 3.05) is 20.8 Å². The lowest BCUT2D eigenvalue weighted by Crippen LogP contribution is -2.38. The van der Waals surface area contributed by atoms with Gasteiger partial charge in [-0.2, -0.15) is 0 Å². The first-order valence-corrected chi connectivity index (χ1v) is 9.67. The number of unbranched alkanes of at least 4 members (excludes halogenated alkanes) is 4. The van der Waals surface area contributed by atoms with Crippen molar-refractivity contribution in [3.05, 3.63) is 12.2 Å². The Labute approximate surface area is 124 Å². The van der Waals surface area contributed by atoms with Crippen molar-refractivity contribution >= 4 is 14.5 Å².